The van der Waals surface area contributed by atoms with Gasteiger partial charge >= 0.3 is 0 Å². The van der Waals surface area contributed by atoms with Crippen molar-refractivity contribution in [2.75, 3.05) is 35.7 Å². The Labute approximate surface area is 139 Å². The maximum Gasteiger partial charge on any atom is 0.240 e. The first-order valence-corrected chi connectivity index (χ1v) is 10.5. The fraction of sp³-hybridized carbons (Fsp3) is 0.462. The average molecular weight is 362 g/mol. The summed E-state index contributed by atoms with van der Waals surface area (Å²) >= 11 is 3.39. The fourth-order valence-electron chi connectivity index (χ4n) is 1.88. The molecule has 1 heterocycles. The quantitative estimate of drug-likeness (QED) is 0.690. The Morgan fingerprint density at radius 2 is 2.18 bits per heavy atom. The molecule has 0 bridgehead atoms. The number of anilines is 1. The molecule has 9 heteroatoms. The molecule has 0 spiro atoms. The molecule has 1 unspecified atom stereocenters. The van der Waals surface area contributed by atoms with Gasteiger partial charge < -0.3 is 11.1 Å². The highest BCUT2D eigenvalue weighted by atomic mass is 32.2. The minimum atomic E-state index is -3.60. The number of amides is 1. The second kappa shape index (κ2) is 8.21. The Morgan fingerprint density at radius 1 is 1.36 bits per heavy atom. The zero-order valence-corrected chi connectivity index (χ0v) is 14.4. The molecule has 4 N–H and O–H groups in total. The van der Waals surface area contributed by atoms with Gasteiger partial charge in [-0.2, -0.15) is 11.8 Å². The summed E-state index contributed by atoms with van der Waals surface area (Å²) in [6.07, 6.45) is 0. The molecule has 2 rings (SSSR count). The van der Waals surface area contributed by atoms with E-state index in [2.05, 4.69) is 10.0 Å². The van der Waals surface area contributed by atoms with E-state index in [0.29, 0.717) is 5.69 Å². The number of thioether (sulfide) groups is 2. The van der Waals surface area contributed by atoms with E-state index in [-0.39, 0.29) is 29.1 Å². The van der Waals surface area contributed by atoms with Crippen LogP contribution in [-0.4, -0.2) is 49.9 Å². The van der Waals surface area contributed by atoms with Gasteiger partial charge in [0.2, 0.25) is 15.9 Å². The highest BCUT2D eigenvalue weighted by Crippen LogP contribution is 2.25. The van der Waals surface area contributed by atoms with E-state index in [0.717, 1.165) is 17.3 Å². The summed E-state index contributed by atoms with van der Waals surface area (Å²) in [5.74, 6) is 2.73. The second-order valence-corrected chi connectivity index (χ2v) is 8.87. The summed E-state index contributed by atoms with van der Waals surface area (Å²) in [5, 5.41) is 2.70. The van der Waals surface area contributed by atoms with Crippen molar-refractivity contribution in [2.45, 2.75) is 10.1 Å². The zero-order valence-electron chi connectivity index (χ0n) is 11.9. The van der Waals surface area contributed by atoms with Gasteiger partial charge in [-0.15, -0.1) is 11.8 Å². The molecule has 1 atom stereocenters. The van der Waals surface area contributed by atoms with Crippen molar-refractivity contribution in [1.82, 2.24) is 4.72 Å². The standard InChI is InChI=1S/C13H19N3O3S3/c14-4-5-15-22(18,19)11-3-1-2-10(8-11)16-13(17)12-9-20-6-7-21-12/h1-3,8,12,15H,4-7,9,14H2,(H,16,17). The lowest BCUT2D eigenvalue weighted by atomic mass is 10.3. The van der Waals surface area contributed by atoms with E-state index in [9.17, 15) is 13.2 Å². The highest BCUT2D eigenvalue weighted by Gasteiger charge is 2.22. The lowest BCUT2D eigenvalue weighted by Crippen LogP contribution is -2.30. The van der Waals surface area contributed by atoms with Crippen LogP contribution in [0.3, 0.4) is 0 Å². The van der Waals surface area contributed by atoms with Crippen molar-refractivity contribution in [2.24, 2.45) is 5.73 Å². The van der Waals surface area contributed by atoms with Crippen molar-refractivity contribution in [3.63, 3.8) is 0 Å². The van der Waals surface area contributed by atoms with Crippen molar-refractivity contribution in [1.29, 1.82) is 0 Å². The van der Waals surface area contributed by atoms with E-state index < -0.39 is 10.0 Å². The van der Waals surface area contributed by atoms with Crippen LogP contribution >= 0.6 is 23.5 Å². The molecule has 1 aliphatic rings. The Kier molecular flexibility index (Phi) is 6.57. The van der Waals surface area contributed by atoms with Gasteiger partial charge in [0.15, 0.2) is 0 Å². The number of nitrogens with one attached hydrogen (secondary N) is 2. The predicted octanol–water partition coefficient (Wildman–Crippen LogP) is 0.711. The minimum Gasteiger partial charge on any atom is -0.329 e. The van der Waals surface area contributed by atoms with Gasteiger partial charge in [-0.05, 0) is 18.2 Å². The van der Waals surface area contributed by atoms with Crippen LogP contribution in [-0.2, 0) is 14.8 Å². The smallest absolute Gasteiger partial charge is 0.240 e. The van der Waals surface area contributed by atoms with Gasteiger partial charge in [-0.25, -0.2) is 13.1 Å². The van der Waals surface area contributed by atoms with Gasteiger partial charge in [0.05, 0.1) is 10.1 Å². The molecule has 1 fully saturated rings. The van der Waals surface area contributed by atoms with Crippen LogP contribution in [0, 0.1) is 0 Å². The predicted molar refractivity (Wildman–Crippen MR) is 92.9 cm³/mol. The van der Waals surface area contributed by atoms with Crippen LogP contribution in [0.2, 0.25) is 0 Å². The van der Waals surface area contributed by atoms with Crippen molar-refractivity contribution >= 4 is 45.1 Å². The Morgan fingerprint density at radius 3 is 2.86 bits per heavy atom. The molecule has 0 radical (unpaired) electrons. The van der Waals surface area contributed by atoms with Crippen LogP contribution in [0.5, 0.6) is 0 Å². The summed E-state index contributed by atoms with van der Waals surface area (Å²) in [7, 11) is -3.60. The van der Waals surface area contributed by atoms with Gasteiger partial charge in [0.1, 0.15) is 0 Å². The van der Waals surface area contributed by atoms with Crippen LogP contribution < -0.4 is 15.8 Å². The maximum absolute atomic E-state index is 12.2. The van der Waals surface area contributed by atoms with Crippen molar-refractivity contribution in [3.8, 4) is 0 Å². The summed E-state index contributed by atoms with van der Waals surface area (Å²) in [4.78, 5) is 12.3. The minimum absolute atomic E-state index is 0.0818. The van der Waals surface area contributed by atoms with Crippen LogP contribution in [0.1, 0.15) is 0 Å². The lowest BCUT2D eigenvalue weighted by Gasteiger charge is -2.20. The van der Waals surface area contributed by atoms with Gasteiger partial charge in [0.25, 0.3) is 0 Å². The summed E-state index contributed by atoms with van der Waals surface area (Å²) < 4.78 is 26.5. The van der Waals surface area contributed by atoms with Gasteiger partial charge in [-0.3, -0.25) is 4.79 Å². The van der Waals surface area contributed by atoms with E-state index in [1.54, 1.807) is 35.7 Å². The summed E-state index contributed by atoms with van der Waals surface area (Å²) in [6.45, 7) is 0.404. The molecule has 0 aromatic heterocycles. The SMILES string of the molecule is NCCNS(=O)(=O)c1cccc(NC(=O)C2CSCCS2)c1. The molecule has 1 aromatic carbocycles. The molecule has 1 saturated heterocycles. The Bertz CT molecular complexity index is 616. The molecule has 122 valence electrons. The molecule has 1 aliphatic heterocycles. The Hall–Kier alpha value is -0.740. The molecule has 1 amide bonds. The van der Waals surface area contributed by atoms with E-state index in [1.807, 2.05) is 0 Å². The third-order valence-corrected chi connectivity index (χ3v) is 7.17. The largest absolute Gasteiger partial charge is 0.329 e. The van der Waals surface area contributed by atoms with E-state index >= 15 is 0 Å². The topological polar surface area (TPSA) is 101 Å². The van der Waals surface area contributed by atoms with Crippen molar-refractivity contribution in [3.05, 3.63) is 24.3 Å². The van der Waals surface area contributed by atoms with Crippen LogP contribution in [0.15, 0.2) is 29.2 Å². The first kappa shape index (κ1) is 17.6. The van der Waals surface area contributed by atoms with Gasteiger partial charge in [-0.1, -0.05) is 6.07 Å². The van der Waals surface area contributed by atoms with E-state index in [1.165, 1.54) is 12.1 Å². The van der Waals surface area contributed by atoms with Crippen molar-refractivity contribution < 1.29 is 13.2 Å². The van der Waals surface area contributed by atoms with Gasteiger partial charge in [0, 0.05) is 36.0 Å². The molecule has 1 aromatic rings. The fourth-order valence-corrected chi connectivity index (χ4v) is 5.53. The first-order chi connectivity index (χ1) is 10.5. The monoisotopic (exact) mass is 361 g/mol. The molecule has 22 heavy (non-hydrogen) atoms. The number of hydrogen-bond donors (Lipinski definition) is 3. The number of rotatable bonds is 6. The molecule has 0 saturated carbocycles. The highest BCUT2D eigenvalue weighted by molar-refractivity contribution is 8.07. The number of hydrogen-bond acceptors (Lipinski definition) is 6. The zero-order chi connectivity index (χ0) is 16.0. The summed E-state index contributed by atoms with van der Waals surface area (Å²) in [6, 6.07) is 6.23. The molecular formula is C13H19N3O3S3. The molecular weight excluding hydrogens is 342 g/mol. The number of nitrogens with two attached hydrogens (primary N) is 1. The van der Waals surface area contributed by atoms with E-state index in [4.69, 9.17) is 5.73 Å². The molecule has 6 nitrogen and oxygen atoms in total. The summed E-state index contributed by atoms with van der Waals surface area (Å²) in [5.41, 5.74) is 5.79. The van der Waals surface area contributed by atoms with Crippen LogP contribution in [0.25, 0.3) is 0 Å². The number of sulfonamides is 1. The number of carbonyl (C=O) groups is 1. The third-order valence-electron chi connectivity index (χ3n) is 2.96. The van der Waals surface area contributed by atoms with Crippen LogP contribution in [0.4, 0.5) is 5.69 Å². The molecule has 0 aliphatic carbocycles. The maximum atomic E-state index is 12.2. The third kappa shape index (κ3) is 4.88. The number of benzene rings is 1. The lowest BCUT2D eigenvalue weighted by molar-refractivity contribution is -0.115. The average Bonchev–Trinajstić information content (AvgIpc) is 2.54. The second-order valence-electron chi connectivity index (χ2n) is 4.64. The first-order valence-electron chi connectivity index (χ1n) is 6.83. The normalized spacial score (nSPS) is 18.9. The number of carbonyl (C=O) groups excluding carboxylic acids is 1. The Balaban J connectivity index is 2.06.